The van der Waals surface area contributed by atoms with Crippen molar-refractivity contribution in [2.24, 2.45) is 5.41 Å². The molecule has 3 aliphatic rings. The van der Waals surface area contributed by atoms with Crippen molar-refractivity contribution in [3.63, 3.8) is 0 Å². The summed E-state index contributed by atoms with van der Waals surface area (Å²) in [6, 6.07) is 4.59. The maximum absolute atomic E-state index is 12.8. The van der Waals surface area contributed by atoms with E-state index in [-0.39, 0.29) is 5.91 Å². The lowest BCUT2D eigenvalue weighted by Gasteiger charge is -2.41. The van der Waals surface area contributed by atoms with E-state index >= 15 is 0 Å². The second-order valence-electron chi connectivity index (χ2n) is 8.02. The van der Waals surface area contributed by atoms with E-state index in [9.17, 15) is 4.79 Å². The SMILES string of the molecule is O=C(Cc1cccnc1)N1CCCC2(CCN(C3CCOCC3)C2)C1. The number of pyridine rings is 1. The quantitative estimate of drug-likeness (QED) is 0.843. The lowest BCUT2D eigenvalue weighted by atomic mass is 9.79. The Labute approximate surface area is 150 Å². The Morgan fingerprint density at radius 2 is 2.12 bits per heavy atom. The molecule has 1 amide bonds. The average Bonchev–Trinajstić information content (AvgIpc) is 3.06. The predicted molar refractivity (Wildman–Crippen MR) is 96.2 cm³/mol. The van der Waals surface area contributed by atoms with Gasteiger partial charge in [0, 0.05) is 56.7 Å². The van der Waals surface area contributed by atoms with Crippen LogP contribution in [0, 0.1) is 5.41 Å². The number of amides is 1. The molecule has 3 fully saturated rings. The van der Waals surface area contributed by atoms with Gasteiger partial charge in [-0.05, 0) is 50.3 Å². The Morgan fingerprint density at radius 1 is 1.24 bits per heavy atom. The van der Waals surface area contributed by atoms with E-state index in [2.05, 4.69) is 14.8 Å². The first-order valence-corrected chi connectivity index (χ1v) is 9.73. The van der Waals surface area contributed by atoms with E-state index in [0.717, 1.165) is 44.8 Å². The van der Waals surface area contributed by atoms with Gasteiger partial charge in [0.05, 0.1) is 6.42 Å². The standard InChI is InChI=1S/C20H29N3O2/c24-19(13-17-3-1-8-21-14-17)23-9-2-6-20(16-23)7-10-22(15-20)18-4-11-25-12-5-18/h1,3,8,14,18H,2,4-7,9-13,15-16H2. The highest BCUT2D eigenvalue weighted by atomic mass is 16.5. The number of carbonyl (C=O) groups excluding carboxylic acids is 1. The summed E-state index contributed by atoms with van der Waals surface area (Å²) in [5.41, 5.74) is 1.34. The molecule has 5 nitrogen and oxygen atoms in total. The highest BCUT2D eigenvalue weighted by Crippen LogP contribution is 2.40. The molecule has 0 radical (unpaired) electrons. The topological polar surface area (TPSA) is 45.7 Å². The lowest BCUT2D eigenvalue weighted by Crippen LogP contribution is -2.48. The van der Waals surface area contributed by atoms with Crippen molar-refractivity contribution in [2.45, 2.75) is 44.6 Å². The number of ether oxygens (including phenoxy) is 1. The number of rotatable bonds is 3. The van der Waals surface area contributed by atoms with Crippen molar-refractivity contribution in [3.05, 3.63) is 30.1 Å². The second kappa shape index (κ2) is 7.42. The van der Waals surface area contributed by atoms with Crippen molar-refractivity contribution in [1.82, 2.24) is 14.8 Å². The van der Waals surface area contributed by atoms with E-state index in [4.69, 9.17) is 4.74 Å². The van der Waals surface area contributed by atoms with Gasteiger partial charge in [-0.3, -0.25) is 14.7 Å². The van der Waals surface area contributed by atoms with Crippen molar-refractivity contribution >= 4 is 5.91 Å². The maximum atomic E-state index is 12.8. The van der Waals surface area contributed by atoms with Crippen LogP contribution in [-0.4, -0.2) is 66.1 Å². The molecule has 1 spiro atoms. The van der Waals surface area contributed by atoms with Crippen molar-refractivity contribution < 1.29 is 9.53 Å². The zero-order valence-corrected chi connectivity index (χ0v) is 15.0. The van der Waals surface area contributed by atoms with Gasteiger partial charge in [-0.25, -0.2) is 0 Å². The fraction of sp³-hybridized carbons (Fsp3) is 0.700. The highest BCUT2D eigenvalue weighted by Gasteiger charge is 2.44. The van der Waals surface area contributed by atoms with Gasteiger partial charge in [0.15, 0.2) is 0 Å². The van der Waals surface area contributed by atoms with Crippen molar-refractivity contribution in [2.75, 3.05) is 39.4 Å². The fourth-order valence-corrected chi connectivity index (χ4v) is 4.87. The highest BCUT2D eigenvalue weighted by molar-refractivity contribution is 5.78. The van der Waals surface area contributed by atoms with Gasteiger partial charge in [0.1, 0.15) is 0 Å². The number of hydrogen-bond acceptors (Lipinski definition) is 4. The van der Waals surface area contributed by atoms with Crippen LogP contribution in [0.5, 0.6) is 0 Å². The summed E-state index contributed by atoms with van der Waals surface area (Å²) in [6.07, 6.45) is 10.0. The first kappa shape index (κ1) is 17.0. The average molecular weight is 343 g/mol. The molecule has 1 unspecified atom stereocenters. The van der Waals surface area contributed by atoms with Gasteiger partial charge in [-0.1, -0.05) is 6.07 Å². The molecule has 0 aromatic carbocycles. The van der Waals surface area contributed by atoms with Crippen LogP contribution in [0.1, 0.15) is 37.7 Å². The summed E-state index contributed by atoms with van der Waals surface area (Å²) in [6.45, 7) is 6.02. The molecule has 1 aromatic heterocycles. The van der Waals surface area contributed by atoms with Gasteiger partial charge < -0.3 is 9.64 Å². The van der Waals surface area contributed by atoms with Gasteiger partial charge in [-0.2, -0.15) is 0 Å². The number of aromatic nitrogens is 1. The van der Waals surface area contributed by atoms with Crippen LogP contribution in [0.2, 0.25) is 0 Å². The minimum Gasteiger partial charge on any atom is -0.381 e. The summed E-state index contributed by atoms with van der Waals surface area (Å²) in [5, 5.41) is 0. The van der Waals surface area contributed by atoms with E-state index in [1.807, 2.05) is 12.1 Å². The second-order valence-corrected chi connectivity index (χ2v) is 8.02. The molecule has 1 aromatic rings. The minimum absolute atomic E-state index is 0.261. The van der Waals surface area contributed by atoms with Crippen LogP contribution in [-0.2, 0) is 16.0 Å². The summed E-state index contributed by atoms with van der Waals surface area (Å²) in [5.74, 6) is 0.261. The van der Waals surface area contributed by atoms with Crippen LogP contribution in [0.3, 0.4) is 0 Å². The Hall–Kier alpha value is -1.46. The minimum atomic E-state index is 0.261. The predicted octanol–water partition coefficient (Wildman–Crippen LogP) is 2.12. The Morgan fingerprint density at radius 3 is 2.92 bits per heavy atom. The van der Waals surface area contributed by atoms with Gasteiger partial charge in [0.25, 0.3) is 0 Å². The molecule has 3 aliphatic heterocycles. The number of piperidine rings is 1. The number of hydrogen-bond donors (Lipinski definition) is 0. The lowest BCUT2D eigenvalue weighted by molar-refractivity contribution is -0.133. The largest absolute Gasteiger partial charge is 0.381 e. The van der Waals surface area contributed by atoms with E-state index in [0.29, 0.717) is 17.9 Å². The molecular formula is C20H29N3O2. The van der Waals surface area contributed by atoms with E-state index in [1.54, 1.807) is 12.4 Å². The Bertz CT molecular complexity index is 588. The van der Waals surface area contributed by atoms with Crippen LogP contribution in [0.15, 0.2) is 24.5 Å². The molecule has 4 heterocycles. The molecule has 1 atom stereocenters. The first-order chi connectivity index (χ1) is 12.2. The monoisotopic (exact) mass is 343 g/mol. The van der Waals surface area contributed by atoms with Gasteiger partial charge >= 0.3 is 0 Å². The molecule has 4 rings (SSSR count). The summed E-state index contributed by atoms with van der Waals surface area (Å²) >= 11 is 0. The molecule has 25 heavy (non-hydrogen) atoms. The summed E-state index contributed by atoms with van der Waals surface area (Å²) in [7, 11) is 0. The molecule has 0 saturated carbocycles. The van der Waals surface area contributed by atoms with Crippen LogP contribution < -0.4 is 0 Å². The molecule has 0 N–H and O–H groups in total. The summed E-state index contributed by atoms with van der Waals surface area (Å²) < 4.78 is 5.52. The number of nitrogens with zero attached hydrogens (tertiary/aromatic N) is 3. The zero-order chi connectivity index (χ0) is 17.1. The van der Waals surface area contributed by atoms with E-state index < -0.39 is 0 Å². The Kier molecular flexibility index (Phi) is 5.04. The van der Waals surface area contributed by atoms with Gasteiger partial charge in [-0.15, -0.1) is 0 Å². The van der Waals surface area contributed by atoms with Crippen molar-refractivity contribution in [3.8, 4) is 0 Å². The molecule has 5 heteroatoms. The van der Waals surface area contributed by atoms with Crippen molar-refractivity contribution in [1.29, 1.82) is 0 Å². The summed E-state index contributed by atoms with van der Waals surface area (Å²) in [4.78, 5) is 21.7. The molecule has 3 saturated heterocycles. The maximum Gasteiger partial charge on any atom is 0.227 e. The number of carbonyl (C=O) groups is 1. The third kappa shape index (κ3) is 3.87. The fourth-order valence-electron chi connectivity index (χ4n) is 4.87. The molecule has 0 bridgehead atoms. The molecule has 136 valence electrons. The number of likely N-dealkylation sites (tertiary alicyclic amines) is 2. The molecular weight excluding hydrogens is 314 g/mol. The van der Waals surface area contributed by atoms with E-state index in [1.165, 1.54) is 32.2 Å². The first-order valence-electron chi connectivity index (χ1n) is 9.73. The smallest absolute Gasteiger partial charge is 0.227 e. The molecule has 0 aliphatic carbocycles. The van der Waals surface area contributed by atoms with Crippen LogP contribution >= 0.6 is 0 Å². The van der Waals surface area contributed by atoms with Gasteiger partial charge in [0.2, 0.25) is 5.91 Å². The zero-order valence-electron chi connectivity index (χ0n) is 15.0. The van der Waals surface area contributed by atoms with Crippen LogP contribution in [0.25, 0.3) is 0 Å². The third-order valence-electron chi connectivity index (χ3n) is 6.27. The van der Waals surface area contributed by atoms with Crippen LogP contribution in [0.4, 0.5) is 0 Å². The Balaban J connectivity index is 1.36. The normalized spacial score (nSPS) is 28.6. The third-order valence-corrected chi connectivity index (χ3v) is 6.27.